The van der Waals surface area contributed by atoms with Crippen LogP contribution in [0, 0.1) is 6.92 Å². The first-order valence-corrected chi connectivity index (χ1v) is 9.52. The summed E-state index contributed by atoms with van der Waals surface area (Å²) in [7, 11) is 4.05. The molecule has 2 aliphatic rings. The Balaban J connectivity index is 1.42. The van der Waals surface area contributed by atoms with Crippen molar-refractivity contribution in [3.05, 3.63) is 29.9 Å². The third-order valence-electron chi connectivity index (χ3n) is 5.31. The summed E-state index contributed by atoms with van der Waals surface area (Å²) >= 11 is 0. The van der Waals surface area contributed by atoms with Crippen molar-refractivity contribution in [2.45, 2.75) is 51.2 Å². The number of aryl methyl sites for hydroxylation is 1. The van der Waals surface area contributed by atoms with Crippen LogP contribution in [0.25, 0.3) is 0 Å². The molecule has 1 saturated carbocycles. The van der Waals surface area contributed by atoms with Gasteiger partial charge < -0.3 is 14.3 Å². The largest absolute Gasteiger partial charge is 0.363 e. The highest BCUT2D eigenvalue weighted by Crippen LogP contribution is 2.36. The minimum atomic E-state index is 0.556. The molecule has 3 heterocycles. The first-order valence-electron chi connectivity index (χ1n) is 9.52. The molecule has 2 aromatic heterocycles. The summed E-state index contributed by atoms with van der Waals surface area (Å²) < 4.78 is 5.37. The van der Waals surface area contributed by atoms with Crippen molar-refractivity contribution in [1.82, 2.24) is 20.0 Å². The van der Waals surface area contributed by atoms with Crippen LogP contribution < -0.4 is 9.80 Å². The summed E-state index contributed by atoms with van der Waals surface area (Å²) in [5.74, 6) is 3.01. The maximum Gasteiger partial charge on any atom is 0.150 e. The number of nitrogens with zero attached hydrogens (tertiary/aromatic N) is 6. The lowest BCUT2D eigenvalue weighted by atomic mass is 10.0. The van der Waals surface area contributed by atoms with Crippen LogP contribution in [0.3, 0.4) is 0 Å². The van der Waals surface area contributed by atoms with Crippen molar-refractivity contribution in [3.8, 4) is 0 Å². The monoisotopic (exact) mass is 356 g/mol. The van der Waals surface area contributed by atoms with Crippen molar-refractivity contribution in [3.63, 3.8) is 0 Å². The summed E-state index contributed by atoms with van der Waals surface area (Å²) in [6, 6.07) is 5.36. The average molecular weight is 356 g/mol. The SMILES string of the molecule is Cc1cc(CN2CCC(N(c3cc(N(C)C)ncn3)C3CC3)CC2)on1. The van der Waals surface area contributed by atoms with E-state index in [1.807, 2.05) is 32.0 Å². The summed E-state index contributed by atoms with van der Waals surface area (Å²) in [4.78, 5) is 16.0. The second kappa shape index (κ2) is 7.23. The number of aromatic nitrogens is 3. The zero-order chi connectivity index (χ0) is 18.1. The van der Waals surface area contributed by atoms with Gasteiger partial charge in [-0.3, -0.25) is 4.90 Å². The summed E-state index contributed by atoms with van der Waals surface area (Å²) in [5.41, 5.74) is 0.954. The van der Waals surface area contributed by atoms with Crippen LogP contribution in [0.2, 0.25) is 0 Å². The van der Waals surface area contributed by atoms with Crippen molar-refractivity contribution >= 4 is 11.6 Å². The van der Waals surface area contributed by atoms with Gasteiger partial charge in [-0.25, -0.2) is 9.97 Å². The summed E-state index contributed by atoms with van der Waals surface area (Å²) in [5, 5.41) is 3.99. The Hall–Kier alpha value is -2.15. The maximum atomic E-state index is 5.37. The van der Waals surface area contributed by atoms with Crippen LogP contribution in [-0.2, 0) is 6.54 Å². The Labute approximate surface area is 155 Å². The van der Waals surface area contributed by atoms with E-state index in [0.29, 0.717) is 12.1 Å². The van der Waals surface area contributed by atoms with Gasteiger partial charge in [-0.2, -0.15) is 0 Å². The molecule has 0 unspecified atom stereocenters. The third kappa shape index (κ3) is 3.82. The fourth-order valence-electron chi connectivity index (χ4n) is 3.81. The Morgan fingerprint density at radius 3 is 2.35 bits per heavy atom. The molecule has 0 spiro atoms. The zero-order valence-corrected chi connectivity index (χ0v) is 15.9. The molecule has 4 rings (SSSR count). The van der Waals surface area contributed by atoms with Gasteiger partial charge in [0.2, 0.25) is 0 Å². The van der Waals surface area contributed by atoms with Crippen LogP contribution in [0.4, 0.5) is 11.6 Å². The molecular formula is C19H28N6O. The van der Waals surface area contributed by atoms with Crippen LogP contribution in [0.15, 0.2) is 23.0 Å². The quantitative estimate of drug-likeness (QED) is 0.788. The Morgan fingerprint density at radius 2 is 1.73 bits per heavy atom. The highest BCUT2D eigenvalue weighted by Gasteiger charge is 2.36. The minimum absolute atomic E-state index is 0.556. The Kier molecular flexibility index (Phi) is 4.80. The number of anilines is 2. The lowest BCUT2D eigenvalue weighted by Gasteiger charge is -2.39. The number of hydrogen-bond donors (Lipinski definition) is 0. The molecule has 26 heavy (non-hydrogen) atoms. The van der Waals surface area contributed by atoms with E-state index in [1.54, 1.807) is 6.33 Å². The van der Waals surface area contributed by atoms with E-state index in [-0.39, 0.29) is 0 Å². The second-order valence-electron chi connectivity index (χ2n) is 7.71. The molecule has 0 bridgehead atoms. The molecule has 0 radical (unpaired) electrons. The molecule has 0 N–H and O–H groups in total. The van der Waals surface area contributed by atoms with Crippen molar-refractivity contribution in [2.24, 2.45) is 0 Å². The van der Waals surface area contributed by atoms with E-state index in [4.69, 9.17) is 4.52 Å². The minimum Gasteiger partial charge on any atom is -0.363 e. The standard InChI is InChI=1S/C19H28N6O/c1-14-10-17(26-22-14)12-24-8-6-16(7-9-24)25(15-4-5-15)19-11-18(23(2)3)20-13-21-19/h10-11,13,15-16H,4-9,12H2,1-3H3. The van der Waals surface area contributed by atoms with Gasteiger partial charge in [-0.1, -0.05) is 5.16 Å². The first kappa shape index (κ1) is 17.3. The number of likely N-dealkylation sites (tertiary alicyclic amines) is 1. The summed E-state index contributed by atoms with van der Waals surface area (Å²) in [6.45, 7) is 4.99. The van der Waals surface area contributed by atoms with Gasteiger partial charge in [0.15, 0.2) is 5.76 Å². The topological polar surface area (TPSA) is 61.5 Å². The normalized spacial score (nSPS) is 18.9. The van der Waals surface area contributed by atoms with Gasteiger partial charge in [0.05, 0.1) is 12.2 Å². The van der Waals surface area contributed by atoms with Crippen LogP contribution in [0.1, 0.15) is 37.1 Å². The van der Waals surface area contributed by atoms with Gasteiger partial charge in [0, 0.05) is 51.4 Å². The second-order valence-corrected chi connectivity index (χ2v) is 7.71. The average Bonchev–Trinajstić information content (AvgIpc) is 3.39. The van der Waals surface area contributed by atoms with Gasteiger partial charge in [-0.05, 0) is 32.6 Å². The fraction of sp³-hybridized carbons (Fsp3) is 0.632. The first-order chi connectivity index (χ1) is 12.6. The molecule has 140 valence electrons. The van der Waals surface area contributed by atoms with Crippen LogP contribution >= 0.6 is 0 Å². The van der Waals surface area contributed by atoms with Crippen LogP contribution in [-0.4, -0.2) is 59.3 Å². The van der Waals surface area contributed by atoms with E-state index in [9.17, 15) is 0 Å². The van der Waals surface area contributed by atoms with Crippen molar-refractivity contribution in [1.29, 1.82) is 0 Å². The van der Waals surface area contributed by atoms with Crippen LogP contribution in [0.5, 0.6) is 0 Å². The van der Waals surface area contributed by atoms with E-state index >= 15 is 0 Å². The molecule has 0 atom stereocenters. The van der Waals surface area contributed by atoms with Gasteiger partial charge in [0.25, 0.3) is 0 Å². The predicted octanol–water partition coefficient (Wildman–Crippen LogP) is 2.47. The zero-order valence-electron chi connectivity index (χ0n) is 15.9. The van der Waals surface area contributed by atoms with Gasteiger partial charge >= 0.3 is 0 Å². The molecular weight excluding hydrogens is 328 g/mol. The fourth-order valence-corrected chi connectivity index (χ4v) is 3.81. The highest BCUT2D eigenvalue weighted by molar-refractivity contribution is 5.51. The van der Waals surface area contributed by atoms with E-state index in [1.165, 1.54) is 12.8 Å². The molecule has 7 nitrogen and oxygen atoms in total. The van der Waals surface area contributed by atoms with E-state index < -0.39 is 0 Å². The molecule has 2 fully saturated rings. The molecule has 0 amide bonds. The molecule has 0 aromatic carbocycles. The molecule has 1 saturated heterocycles. The molecule has 1 aliphatic heterocycles. The molecule has 1 aliphatic carbocycles. The van der Waals surface area contributed by atoms with Crippen molar-refractivity contribution < 1.29 is 4.52 Å². The van der Waals surface area contributed by atoms with E-state index in [0.717, 1.165) is 55.6 Å². The lowest BCUT2D eigenvalue weighted by molar-refractivity contribution is 0.181. The Morgan fingerprint density at radius 1 is 1.04 bits per heavy atom. The molecule has 2 aromatic rings. The third-order valence-corrected chi connectivity index (χ3v) is 5.31. The molecule has 7 heteroatoms. The number of rotatable bonds is 6. The van der Waals surface area contributed by atoms with Gasteiger partial charge in [0.1, 0.15) is 18.0 Å². The number of hydrogen-bond acceptors (Lipinski definition) is 7. The lowest BCUT2D eigenvalue weighted by Crippen LogP contribution is -2.46. The highest BCUT2D eigenvalue weighted by atomic mass is 16.5. The van der Waals surface area contributed by atoms with Gasteiger partial charge in [-0.15, -0.1) is 0 Å². The van der Waals surface area contributed by atoms with Crippen molar-refractivity contribution in [2.75, 3.05) is 37.0 Å². The number of piperidine rings is 1. The predicted molar refractivity (Wildman–Crippen MR) is 101 cm³/mol. The van der Waals surface area contributed by atoms with E-state index in [2.05, 4.69) is 31.0 Å². The smallest absolute Gasteiger partial charge is 0.150 e. The Bertz CT molecular complexity index is 733. The maximum absolute atomic E-state index is 5.37. The summed E-state index contributed by atoms with van der Waals surface area (Å²) in [6.07, 6.45) is 6.56.